The molecule has 2 aromatic carbocycles. The highest BCUT2D eigenvalue weighted by atomic mass is 32.2. The zero-order valence-electron chi connectivity index (χ0n) is 17.6. The molecule has 1 atom stereocenters. The van der Waals surface area contributed by atoms with Gasteiger partial charge in [0.1, 0.15) is 0 Å². The molecule has 6 heteroatoms. The fourth-order valence-corrected chi connectivity index (χ4v) is 6.02. The van der Waals surface area contributed by atoms with Crippen molar-refractivity contribution in [3.05, 3.63) is 64.7 Å². The third-order valence-electron chi connectivity index (χ3n) is 6.27. The molecule has 4 rings (SSSR count). The Labute approximate surface area is 179 Å². The molecule has 30 heavy (non-hydrogen) atoms. The van der Waals surface area contributed by atoms with Crippen molar-refractivity contribution in [1.29, 1.82) is 0 Å². The fourth-order valence-electron chi connectivity index (χ4n) is 4.45. The first-order chi connectivity index (χ1) is 14.4. The molecule has 1 amide bonds. The van der Waals surface area contributed by atoms with E-state index in [0.29, 0.717) is 18.7 Å². The highest BCUT2D eigenvalue weighted by Crippen LogP contribution is 2.26. The molecule has 0 saturated carbocycles. The number of aryl methyl sites for hydroxylation is 2. The summed E-state index contributed by atoms with van der Waals surface area (Å²) >= 11 is 0. The van der Waals surface area contributed by atoms with Gasteiger partial charge in [0.15, 0.2) is 0 Å². The van der Waals surface area contributed by atoms with Crippen molar-refractivity contribution in [1.82, 2.24) is 9.62 Å². The number of hydrogen-bond donors (Lipinski definition) is 1. The van der Waals surface area contributed by atoms with Crippen molar-refractivity contribution >= 4 is 15.9 Å². The molecular weight excluding hydrogens is 396 g/mol. The van der Waals surface area contributed by atoms with Crippen LogP contribution in [0.4, 0.5) is 0 Å². The largest absolute Gasteiger partial charge is 0.346 e. The summed E-state index contributed by atoms with van der Waals surface area (Å²) in [5.41, 5.74) is 4.24. The second-order valence-electron chi connectivity index (χ2n) is 8.42. The molecule has 1 N–H and O–H groups in total. The normalized spacial score (nSPS) is 18.4. The first-order valence-electron chi connectivity index (χ1n) is 11.0. The van der Waals surface area contributed by atoms with Gasteiger partial charge in [0.25, 0.3) is 5.91 Å². The van der Waals surface area contributed by atoms with Gasteiger partial charge < -0.3 is 5.32 Å². The van der Waals surface area contributed by atoms with Crippen molar-refractivity contribution in [2.45, 2.75) is 62.8 Å². The summed E-state index contributed by atoms with van der Waals surface area (Å²) in [4.78, 5) is 13.0. The minimum Gasteiger partial charge on any atom is -0.346 e. The van der Waals surface area contributed by atoms with E-state index < -0.39 is 10.0 Å². The Morgan fingerprint density at radius 3 is 2.43 bits per heavy atom. The monoisotopic (exact) mass is 426 g/mol. The Kier molecular flexibility index (Phi) is 6.25. The van der Waals surface area contributed by atoms with E-state index in [-0.39, 0.29) is 16.8 Å². The number of hydrogen-bond acceptors (Lipinski definition) is 3. The van der Waals surface area contributed by atoms with E-state index in [9.17, 15) is 13.2 Å². The van der Waals surface area contributed by atoms with Gasteiger partial charge in [-0.05, 0) is 73.9 Å². The molecule has 1 heterocycles. The summed E-state index contributed by atoms with van der Waals surface area (Å²) in [7, 11) is -3.58. The summed E-state index contributed by atoms with van der Waals surface area (Å²) < 4.78 is 27.7. The predicted octanol–water partition coefficient (Wildman–Crippen LogP) is 4.23. The molecule has 0 aromatic heterocycles. The van der Waals surface area contributed by atoms with Gasteiger partial charge in [-0.2, -0.15) is 4.31 Å². The topological polar surface area (TPSA) is 66.5 Å². The molecule has 5 nitrogen and oxygen atoms in total. The van der Waals surface area contributed by atoms with E-state index in [2.05, 4.69) is 23.5 Å². The van der Waals surface area contributed by atoms with Gasteiger partial charge in [-0.25, -0.2) is 8.42 Å². The summed E-state index contributed by atoms with van der Waals surface area (Å²) in [6.45, 7) is 3.06. The van der Waals surface area contributed by atoms with Crippen LogP contribution < -0.4 is 5.32 Å². The number of carbonyl (C=O) groups excluding carboxylic acids is 1. The van der Waals surface area contributed by atoms with Crippen LogP contribution in [0.15, 0.2) is 47.4 Å². The van der Waals surface area contributed by atoms with Gasteiger partial charge >= 0.3 is 0 Å². The Morgan fingerprint density at radius 2 is 1.67 bits per heavy atom. The van der Waals surface area contributed by atoms with Crippen molar-refractivity contribution in [3.63, 3.8) is 0 Å². The first kappa shape index (κ1) is 21.1. The molecule has 2 aromatic rings. The van der Waals surface area contributed by atoms with E-state index >= 15 is 0 Å². The van der Waals surface area contributed by atoms with E-state index in [1.807, 2.05) is 6.92 Å². The van der Waals surface area contributed by atoms with Crippen LogP contribution in [-0.2, 0) is 22.9 Å². The summed E-state index contributed by atoms with van der Waals surface area (Å²) in [6, 6.07) is 12.7. The van der Waals surface area contributed by atoms with Gasteiger partial charge in [0, 0.05) is 18.7 Å². The Balaban J connectivity index is 1.49. The molecule has 1 fully saturated rings. The van der Waals surface area contributed by atoms with Crippen LogP contribution in [0, 0.1) is 0 Å². The lowest BCUT2D eigenvalue weighted by molar-refractivity contribution is 0.0939. The molecular formula is C24H30N2O3S. The highest BCUT2D eigenvalue weighted by Gasteiger charge is 2.26. The Bertz CT molecular complexity index is 1020. The fraction of sp³-hybridized carbons (Fsp3) is 0.458. The van der Waals surface area contributed by atoms with Crippen molar-refractivity contribution in [2.75, 3.05) is 13.1 Å². The molecule has 0 radical (unpaired) electrons. The van der Waals surface area contributed by atoms with Gasteiger partial charge in [-0.15, -0.1) is 0 Å². The number of carbonyl (C=O) groups is 1. The lowest BCUT2D eigenvalue weighted by atomic mass is 10.0. The van der Waals surface area contributed by atoms with Crippen LogP contribution in [0.3, 0.4) is 0 Å². The lowest BCUT2D eigenvalue weighted by Crippen LogP contribution is -2.32. The number of nitrogens with zero attached hydrogens (tertiary/aromatic N) is 1. The Morgan fingerprint density at radius 1 is 0.933 bits per heavy atom. The highest BCUT2D eigenvalue weighted by molar-refractivity contribution is 7.89. The number of nitrogens with one attached hydrogen (secondary N) is 1. The van der Waals surface area contributed by atoms with Crippen LogP contribution in [0.1, 0.15) is 72.1 Å². The zero-order chi connectivity index (χ0) is 21.1. The summed E-state index contributed by atoms with van der Waals surface area (Å²) in [6.07, 6.45) is 7.33. The third kappa shape index (κ3) is 4.44. The predicted molar refractivity (Wildman–Crippen MR) is 118 cm³/mol. The minimum absolute atomic E-state index is 0.144. The van der Waals surface area contributed by atoms with Crippen LogP contribution in [0.2, 0.25) is 0 Å². The van der Waals surface area contributed by atoms with Crippen LogP contribution in [0.25, 0.3) is 0 Å². The summed E-state index contributed by atoms with van der Waals surface area (Å²) in [5, 5.41) is 3.02. The molecule has 160 valence electrons. The second kappa shape index (κ2) is 8.90. The van der Waals surface area contributed by atoms with Gasteiger partial charge in [-0.1, -0.05) is 37.1 Å². The average Bonchev–Trinajstić information content (AvgIpc) is 3.04. The maximum absolute atomic E-state index is 13.1. The molecule has 2 aliphatic rings. The first-order valence-corrected chi connectivity index (χ1v) is 12.4. The van der Waals surface area contributed by atoms with Gasteiger partial charge in [0.05, 0.1) is 10.9 Å². The van der Waals surface area contributed by atoms with Crippen LogP contribution in [0.5, 0.6) is 0 Å². The quantitative estimate of drug-likeness (QED) is 0.778. The van der Waals surface area contributed by atoms with Crippen LogP contribution >= 0.6 is 0 Å². The maximum atomic E-state index is 13.1. The lowest BCUT2D eigenvalue weighted by Gasteiger charge is -2.20. The Hall–Kier alpha value is -2.18. The molecule has 1 aliphatic carbocycles. The molecule has 0 spiro atoms. The van der Waals surface area contributed by atoms with E-state index in [1.165, 1.54) is 23.6 Å². The van der Waals surface area contributed by atoms with E-state index in [1.54, 1.807) is 22.5 Å². The zero-order valence-corrected chi connectivity index (χ0v) is 18.4. The number of rotatable bonds is 5. The number of amides is 1. The second-order valence-corrected chi connectivity index (χ2v) is 10.4. The standard InChI is InChI=1S/C24H30N2O3S/c1-18(20-13-12-19-8-6-9-21(19)16-20)25-24(27)22-10-7-11-23(17-22)30(28,29)26-14-4-2-3-5-15-26/h7,10-13,16-18H,2-6,8-9,14-15H2,1H3,(H,25,27)/t18-/m1/s1. The SMILES string of the molecule is C[C@@H](NC(=O)c1cccc(S(=O)(=O)N2CCCCCC2)c1)c1ccc2c(c1)CCC2. The number of fused-ring (bicyclic) bond motifs is 1. The smallest absolute Gasteiger partial charge is 0.251 e. The maximum Gasteiger partial charge on any atom is 0.251 e. The van der Waals surface area contributed by atoms with Gasteiger partial charge in [0.2, 0.25) is 10.0 Å². The number of sulfonamides is 1. The summed E-state index contributed by atoms with van der Waals surface area (Å²) in [5.74, 6) is -0.254. The molecule has 1 aliphatic heterocycles. The molecule has 0 unspecified atom stereocenters. The molecule has 1 saturated heterocycles. The molecule has 0 bridgehead atoms. The van der Waals surface area contributed by atoms with E-state index in [0.717, 1.165) is 44.1 Å². The third-order valence-corrected chi connectivity index (χ3v) is 8.16. The van der Waals surface area contributed by atoms with E-state index in [4.69, 9.17) is 0 Å². The minimum atomic E-state index is -3.58. The van der Waals surface area contributed by atoms with Crippen molar-refractivity contribution < 1.29 is 13.2 Å². The van der Waals surface area contributed by atoms with Crippen molar-refractivity contribution in [3.8, 4) is 0 Å². The van der Waals surface area contributed by atoms with Crippen molar-refractivity contribution in [2.24, 2.45) is 0 Å². The van der Waals surface area contributed by atoms with Crippen LogP contribution in [-0.4, -0.2) is 31.7 Å². The number of benzene rings is 2. The van der Waals surface area contributed by atoms with Gasteiger partial charge in [-0.3, -0.25) is 4.79 Å². The average molecular weight is 427 g/mol.